The van der Waals surface area contributed by atoms with E-state index in [1.807, 2.05) is 7.11 Å². The summed E-state index contributed by atoms with van der Waals surface area (Å²) in [5, 5.41) is 0. The summed E-state index contributed by atoms with van der Waals surface area (Å²) >= 11 is 0. The SMILES string of the molecule is CCC1CC=C2C[C@@H](OC)CC[C@]2(C)C1C. The molecule has 1 nitrogen and oxygen atoms in total. The number of hydrogen-bond donors (Lipinski definition) is 0. The average Bonchev–Trinajstić information content (AvgIpc) is 2.31. The van der Waals surface area contributed by atoms with E-state index in [0.29, 0.717) is 11.5 Å². The van der Waals surface area contributed by atoms with E-state index in [9.17, 15) is 0 Å². The van der Waals surface area contributed by atoms with Crippen molar-refractivity contribution < 1.29 is 4.74 Å². The van der Waals surface area contributed by atoms with E-state index in [0.717, 1.165) is 11.8 Å². The molecule has 0 bridgehead atoms. The number of ether oxygens (including phenoxy) is 1. The Morgan fingerprint density at radius 3 is 2.88 bits per heavy atom. The summed E-state index contributed by atoms with van der Waals surface area (Å²) in [6, 6.07) is 0. The van der Waals surface area contributed by atoms with Crippen LogP contribution in [0, 0.1) is 17.3 Å². The molecule has 4 atom stereocenters. The Labute approximate surface area is 100 Å². The second-order valence-corrected chi connectivity index (χ2v) is 5.94. The largest absolute Gasteiger partial charge is 0.381 e. The van der Waals surface area contributed by atoms with Gasteiger partial charge in [-0.05, 0) is 42.9 Å². The zero-order chi connectivity index (χ0) is 11.8. The molecule has 0 saturated heterocycles. The van der Waals surface area contributed by atoms with E-state index in [1.54, 1.807) is 5.57 Å². The molecular formula is C15H26O. The Balaban J connectivity index is 2.20. The van der Waals surface area contributed by atoms with Crippen LogP contribution in [0.3, 0.4) is 0 Å². The van der Waals surface area contributed by atoms with E-state index < -0.39 is 0 Å². The van der Waals surface area contributed by atoms with Crippen LogP contribution in [0.5, 0.6) is 0 Å². The molecule has 2 rings (SSSR count). The summed E-state index contributed by atoms with van der Waals surface area (Å²) in [5.41, 5.74) is 2.15. The van der Waals surface area contributed by atoms with E-state index in [4.69, 9.17) is 4.74 Å². The van der Waals surface area contributed by atoms with Crippen LogP contribution in [-0.4, -0.2) is 13.2 Å². The lowest BCUT2D eigenvalue weighted by molar-refractivity contribution is 0.0302. The number of rotatable bonds is 2. The number of fused-ring (bicyclic) bond motifs is 1. The fraction of sp³-hybridized carbons (Fsp3) is 0.867. The first-order chi connectivity index (χ1) is 7.61. The van der Waals surface area contributed by atoms with E-state index in [-0.39, 0.29) is 0 Å². The number of allylic oxidation sites excluding steroid dienone is 1. The molecule has 2 aliphatic rings. The van der Waals surface area contributed by atoms with Gasteiger partial charge in [-0.15, -0.1) is 0 Å². The fourth-order valence-corrected chi connectivity index (χ4v) is 3.78. The van der Waals surface area contributed by atoms with Gasteiger partial charge >= 0.3 is 0 Å². The lowest BCUT2D eigenvalue weighted by Crippen LogP contribution is -2.41. The summed E-state index contributed by atoms with van der Waals surface area (Å²) in [4.78, 5) is 0. The van der Waals surface area contributed by atoms with E-state index >= 15 is 0 Å². The van der Waals surface area contributed by atoms with Gasteiger partial charge in [-0.3, -0.25) is 0 Å². The standard InChI is InChI=1S/C15H26O/c1-5-12-6-7-13-10-14(16-4)8-9-15(13,3)11(12)2/h7,11-12,14H,5-6,8-10H2,1-4H3/t11?,12?,14-,15+/m0/s1. The second kappa shape index (κ2) is 4.52. The van der Waals surface area contributed by atoms with Crippen LogP contribution in [0.25, 0.3) is 0 Å². The Morgan fingerprint density at radius 2 is 2.25 bits per heavy atom. The van der Waals surface area contributed by atoms with Crippen molar-refractivity contribution in [1.82, 2.24) is 0 Å². The van der Waals surface area contributed by atoms with Gasteiger partial charge in [0.05, 0.1) is 6.10 Å². The molecule has 0 spiro atoms. The van der Waals surface area contributed by atoms with Crippen molar-refractivity contribution in [2.75, 3.05) is 7.11 Å². The van der Waals surface area contributed by atoms with Crippen molar-refractivity contribution in [2.24, 2.45) is 17.3 Å². The third-order valence-electron chi connectivity index (χ3n) is 5.40. The highest BCUT2D eigenvalue weighted by atomic mass is 16.5. The topological polar surface area (TPSA) is 9.23 Å². The molecule has 92 valence electrons. The first-order valence-electron chi connectivity index (χ1n) is 6.84. The number of methoxy groups -OCH3 is 1. The molecule has 1 saturated carbocycles. The van der Waals surface area contributed by atoms with Gasteiger partial charge in [-0.2, -0.15) is 0 Å². The summed E-state index contributed by atoms with van der Waals surface area (Å²) in [5.74, 6) is 1.74. The van der Waals surface area contributed by atoms with E-state index in [2.05, 4.69) is 26.8 Å². The molecule has 0 aromatic heterocycles. The van der Waals surface area contributed by atoms with E-state index in [1.165, 1.54) is 32.1 Å². The molecule has 0 radical (unpaired) electrons. The zero-order valence-electron chi connectivity index (χ0n) is 11.3. The van der Waals surface area contributed by atoms with Gasteiger partial charge in [0.25, 0.3) is 0 Å². The van der Waals surface area contributed by atoms with Gasteiger partial charge in [-0.1, -0.05) is 38.8 Å². The van der Waals surface area contributed by atoms with Crippen molar-refractivity contribution in [3.05, 3.63) is 11.6 Å². The van der Waals surface area contributed by atoms with Crippen LogP contribution in [0.15, 0.2) is 11.6 Å². The molecule has 1 fully saturated rings. The Kier molecular flexibility index (Phi) is 3.44. The quantitative estimate of drug-likeness (QED) is 0.637. The third-order valence-corrected chi connectivity index (χ3v) is 5.40. The summed E-state index contributed by atoms with van der Waals surface area (Å²) in [7, 11) is 1.86. The maximum Gasteiger partial charge on any atom is 0.0608 e. The molecule has 0 aromatic rings. The minimum atomic E-state index is 0.466. The maximum absolute atomic E-state index is 5.53. The Hall–Kier alpha value is -0.300. The van der Waals surface area contributed by atoms with Crippen molar-refractivity contribution in [1.29, 1.82) is 0 Å². The highest BCUT2D eigenvalue weighted by Gasteiger charge is 2.43. The molecule has 0 aliphatic heterocycles. The maximum atomic E-state index is 5.53. The van der Waals surface area contributed by atoms with Gasteiger partial charge in [-0.25, -0.2) is 0 Å². The predicted molar refractivity (Wildman–Crippen MR) is 68.4 cm³/mol. The molecule has 0 aromatic carbocycles. The average molecular weight is 222 g/mol. The highest BCUT2D eigenvalue weighted by Crippen LogP contribution is 2.53. The third kappa shape index (κ3) is 1.84. The molecule has 16 heavy (non-hydrogen) atoms. The van der Waals surface area contributed by atoms with Gasteiger partial charge in [0.15, 0.2) is 0 Å². The number of hydrogen-bond acceptors (Lipinski definition) is 1. The lowest BCUT2D eigenvalue weighted by atomic mass is 9.57. The predicted octanol–water partition coefficient (Wildman–Crippen LogP) is 4.18. The summed E-state index contributed by atoms with van der Waals surface area (Å²) in [6.45, 7) is 7.29. The molecule has 2 unspecified atom stereocenters. The van der Waals surface area contributed by atoms with Gasteiger partial charge in [0.2, 0.25) is 0 Å². The molecule has 0 N–H and O–H groups in total. The minimum Gasteiger partial charge on any atom is -0.381 e. The first-order valence-corrected chi connectivity index (χ1v) is 6.84. The monoisotopic (exact) mass is 222 g/mol. The fourth-order valence-electron chi connectivity index (χ4n) is 3.78. The Morgan fingerprint density at radius 1 is 1.50 bits per heavy atom. The Bertz CT molecular complexity index is 281. The smallest absolute Gasteiger partial charge is 0.0608 e. The minimum absolute atomic E-state index is 0.466. The normalized spacial score (nSPS) is 43.8. The molecule has 0 amide bonds. The van der Waals surface area contributed by atoms with Crippen LogP contribution < -0.4 is 0 Å². The van der Waals surface area contributed by atoms with Crippen LogP contribution in [0.4, 0.5) is 0 Å². The molecule has 1 heteroatoms. The second-order valence-electron chi connectivity index (χ2n) is 5.94. The van der Waals surface area contributed by atoms with Crippen molar-refractivity contribution in [2.45, 2.75) is 59.0 Å². The van der Waals surface area contributed by atoms with Crippen molar-refractivity contribution >= 4 is 0 Å². The van der Waals surface area contributed by atoms with Crippen molar-refractivity contribution in [3.8, 4) is 0 Å². The highest BCUT2D eigenvalue weighted by molar-refractivity contribution is 5.22. The van der Waals surface area contributed by atoms with Crippen LogP contribution in [-0.2, 0) is 4.74 Å². The zero-order valence-corrected chi connectivity index (χ0v) is 11.3. The van der Waals surface area contributed by atoms with Gasteiger partial charge in [0, 0.05) is 7.11 Å². The molecular weight excluding hydrogens is 196 g/mol. The van der Waals surface area contributed by atoms with Gasteiger partial charge in [0.1, 0.15) is 0 Å². The lowest BCUT2D eigenvalue weighted by Gasteiger charge is -2.49. The van der Waals surface area contributed by atoms with Crippen LogP contribution in [0.1, 0.15) is 52.9 Å². The first kappa shape index (κ1) is 12.2. The van der Waals surface area contributed by atoms with Crippen molar-refractivity contribution in [3.63, 3.8) is 0 Å². The molecule has 0 heterocycles. The molecule has 2 aliphatic carbocycles. The van der Waals surface area contributed by atoms with Gasteiger partial charge < -0.3 is 4.74 Å². The van der Waals surface area contributed by atoms with Crippen LogP contribution in [0.2, 0.25) is 0 Å². The summed E-state index contributed by atoms with van der Waals surface area (Å²) < 4.78 is 5.53. The summed E-state index contributed by atoms with van der Waals surface area (Å²) in [6.07, 6.45) is 9.35. The van der Waals surface area contributed by atoms with Crippen LogP contribution >= 0.6 is 0 Å².